The molecule has 4 rings (SSSR count). The van der Waals surface area contributed by atoms with E-state index in [9.17, 15) is 14.0 Å². The van der Waals surface area contributed by atoms with Crippen molar-refractivity contribution in [3.8, 4) is 0 Å². The first-order chi connectivity index (χ1) is 13.6. The zero-order chi connectivity index (χ0) is 19.5. The molecule has 0 bridgehead atoms. The van der Waals surface area contributed by atoms with Gasteiger partial charge in [0.2, 0.25) is 11.9 Å². The highest BCUT2D eigenvalue weighted by molar-refractivity contribution is 5.98. The number of Topliss-reactive ketones (excluding diaryl/α,β-unsaturated/α-hetero) is 1. The van der Waals surface area contributed by atoms with Crippen LogP contribution >= 0.6 is 0 Å². The lowest BCUT2D eigenvalue weighted by atomic mass is 9.96. The molecular weight excluding hydrogens is 361 g/mol. The van der Waals surface area contributed by atoms with E-state index in [0.717, 1.165) is 50.4 Å². The number of halogens is 1. The lowest BCUT2D eigenvalue weighted by Crippen LogP contribution is -2.48. The van der Waals surface area contributed by atoms with Gasteiger partial charge in [0.25, 0.3) is 0 Å². The monoisotopic (exact) mass is 383 g/mol. The predicted octanol–water partition coefficient (Wildman–Crippen LogP) is 1.90. The maximum absolute atomic E-state index is 13.1. The number of hydrogen-bond acceptors (Lipinski definition) is 6. The maximum Gasteiger partial charge on any atom is 0.240 e. The van der Waals surface area contributed by atoms with Gasteiger partial charge in [-0.05, 0) is 37.1 Å². The molecule has 2 heterocycles. The van der Waals surface area contributed by atoms with Crippen molar-refractivity contribution in [3.63, 3.8) is 0 Å². The van der Waals surface area contributed by atoms with Gasteiger partial charge < -0.3 is 4.90 Å². The van der Waals surface area contributed by atoms with Gasteiger partial charge in [-0.15, -0.1) is 0 Å². The molecule has 1 amide bonds. The van der Waals surface area contributed by atoms with Crippen molar-refractivity contribution < 1.29 is 14.0 Å². The Labute approximate surface area is 162 Å². The van der Waals surface area contributed by atoms with Crippen molar-refractivity contribution in [2.24, 2.45) is 0 Å². The number of carbonyl (C=O) groups is 2. The highest BCUT2D eigenvalue weighted by Gasteiger charge is 2.22. The number of carbonyl (C=O) groups excluding carboxylic acids is 2. The number of benzene rings is 1. The molecule has 1 aromatic carbocycles. The van der Waals surface area contributed by atoms with E-state index < -0.39 is 0 Å². The van der Waals surface area contributed by atoms with Crippen molar-refractivity contribution in [2.45, 2.75) is 19.3 Å². The molecule has 0 radical (unpaired) electrons. The molecule has 1 fully saturated rings. The van der Waals surface area contributed by atoms with Gasteiger partial charge in [0.1, 0.15) is 5.82 Å². The van der Waals surface area contributed by atoms with E-state index in [0.29, 0.717) is 12.0 Å². The number of aryl methyl sites for hydroxylation is 1. The van der Waals surface area contributed by atoms with Crippen LogP contribution in [0.2, 0.25) is 0 Å². The summed E-state index contributed by atoms with van der Waals surface area (Å²) in [7, 11) is 0. The number of rotatable bonds is 4. The number of ketones is 1. The quantitative estimate of drug-likeness (QED) is 0.869. The molecule has 0 atom stereocenters. The number of nitrogens with zero attached hydrogens (tertiary/aromatic N) is 4. The molecule has 1 aliphatic carbocycles. The summed E-state index contributed by atoms with van der Waals surface area (Å²) in [6, 6.07) is 6.47. The van der Waals surface area contributed by atoms with Crippen LogP contribution < -0.4 is 10.2 Å². The third kappa shape index (κ3) is 4.17. The topological polar surface area (TPSA) is 78.4 Å². The molecule has 2 aromatic rings. The second-order valence-corrected chi connectivity index (χ2v) is 7.12. The number of fused-ring (bicyclic) bond motifs is 1. The summed E-state index contributed by atoms with van der Waals surface area (Å²) in [5.74, 6) is -0.0910. The number of anilines is 2. The Balaban J connectivity index is 1.29. The second-order valence-electron chi connectivity index (χ2n) is 7.12. The van der Waals surface area contributed by atoms with Crippen LogP contribution in [-0.2, 0) is 11.2 Å². The highest BCUT2D eigenvalue weighted by Crippen LogP contribution is 2.20. The van der Waals surface area contributed by atoms with Crippen molar-refractivity contribution in [1.29, 1.82) is 0 Å². The van der Waals surface area contributed by atoms with Crippen molar-refractivity contribution >= 4 is 23.3 Å². The number of nitrogens with one attached hydrogen (secondary N) is 1. The van der Waals surface area contributed by atoms with Gasteiger partial charge in [0.15, 0.2) is 5.78 Å². The molecule has 8 heteroatoms. The second kappa shape index (κ2) is 8.02. The van der Waals surface area contributed by atoms with Crippen molar-refractivity contribution in [1.82, 2.24) is 14.9 Å². The Morgan fingerprint density at radius 3 is 2.61 bits per heavy atom. The number of amides is 1. The van der Waals surface area contributed by atoms with Gasteiger partial charge in [0, 0.05) is 44.5 Å². The molecule has 0 saturated carbocycles. The fourth-order valence-electron chi connectivity index (χ4n) is 3.64. The third-order valence-electron chi connectivity index (χ3n) is 5.17. The van der Waals surface area contributed by atoms with Crippen LogP contribution in [0.15, 0.2) is 30.5 Å². The molecule has 1 aromatic heterocycles. The average molecular weight is 383 g/mol. The number of hydrogen-bond donors (Lipinski definition) is 1. The summed E-state index contributed by atoms with van der Waals surface area (Å²) in [5, 5.41) is 2.73. The Morgan fingerprint density at radius 1 is 1.11 bits per heavy atom. The molecule has 2 aliphatic rings. The summed E-state index contributed by atoms with van der Waals surface area (Å²) in [5.41, 5.74) is 2.28. The first-order valence-electron chi connectivity index (χ1n) is 9.50. The van der Waals surface area contributed by atoms with Crippen LogP contribution in [0.5, 0.6) is 0 Å². The van der Waals surface area contributed by atoms with Crippen molar-refractivity contribution in [2.75, 3.05) is 42.9 Å². The summed E-state index contributed by atoms with van der Waals surface area (Å²) >= 11 is 0. The highest BCUT2D eigenvalue weighted by atomic mass is 19.1. The van der Waals surface area contributed by atoms with E-state index in [-0.39, 0.29) is 30.0 Å². The molecular formula is C20H22FN5O2. The van der Waals surface area contributed by atoms with Crippen LogP contribution in [0.4, 0.5) is 16.0 Å². The lowest BCUT2D eigenvalue weighted by Gasteiger charge is -2.35. The van der Waals surface area contributed by atoms with E-state index in [1.807, 2.05) is 0 Å². The van der Waals surface area contributed by atoms with Crippen molar-refractivity contribution in [3.05, 3.63) is 47.5 Å². The van der Waals surface area contributed by atoms with Gasteiger partial charge in [-0.2, -0.15) is 0 Å². The Morgan fingerprint density at radius 2 is 1.86 bits per heavy atom. The van der Waals surface area contributed by atoms with Gasteiger partial charge in [0.05, 0.1) is 17.8 Å². The van der Waals surface area contributed by atoms with Crippen LogP contribution in [0.1, 0.15) is 28.9 Å². The minimum absolute atomic E-state index is 0.0677. The first-order valence-corrected chi connectivity index (χ1v) is 9.50. The van der Waals surface area contributed by atoms with E-state index in [1.165, 1.54) is 18.3 Å². The van der Waals surface area contributed by atoms with Crippen LogP contribution in [0, 0.1) is 5.82 Å². The minimum Gasteiger partial charge on any atom is -0.369 e. The normalized spacial score (nSPS) is 17.3. The minimum atomic E-state index is -0.243. The fraction of sp³-hybridized carbons (Fsp3) is 0.400. The molecule has 0 spiro atoms. The Bertz CT molecular complexity index is 879. The summed E-state index contributed by atoms with van der Waals surface area (Å²) in [6.45, 7) is 3.29. The molecule has 1 saturated heterocycles. The molecule has 146 valence electrons. The smallest absolute Gasteiger partial charge is 0.240 e. The standard InChI is InChI=1S/C20H22FN5O2/c21-14-4-6-15(7-5-14)26-10-8-25(9-11-26)13-19(28)24-20-22-12-16-17(23-20)2-1-3-18(16)27/h4-7,12H,1-3,8-11,13H2,(H,22,23,24,28). The summed E-state index contributed by atoms with van der Waals surface area (Å²) in [6.07, 6.45) is 3.57. The van der Waals surface area contributed by atoms with Crippen LogP contribution in [0.3, 0.4) is 0 Å². The average Bonchev–Trinajstić information content (AvgIpc) is 2.69. The molecule has 1 aliphatic heterocycles. The van der Waals surface area contributed by atoms with E-state index in [2.05, 4.69) is 25.1 Å². The maximum atomic E-state index is 13.1. The zero-order valence-corrected chi connectivity index (χ0v) is 15.5. The van der Waals surface area contributed by atoms with Gasteiger partial charge in [-0.3, -0.25) is 19.8 Å². The largest absolute Gasteiger partial charge is 0.369 e. The van der Waals surface area contributed by atoms with Crippen LogP contribution in [0.25, 0.3) is 0 Å². The Hall–Kier alpha value is -2.87. The van der Waals surface area contributed by atoms with E-state index in [1.54, 1.807) is 12.1 Å². The van der Waals surface area contributed by atoms with E-state index in [4.69, 9.17) is 0 Å². The summed E-state index contributed by atoms with van der Waals surface area (Å²) in [4.78, 5) is 36.9. The van der Waals surface area contributed by atoms with Gasteiger partial charge >= 0.3 is 0 Å². The summed E-state index contributed by atoms with van der Waals surface area (Å²) < 4.78 is 13.1. The van der Waals surface area contributed by atoms with E-state index >= 15 is 0 Å². The molecule has 28 heavy (non-hydrogen) atoms. The number of aromatic nitrogens is 2. The van der Waals surface area contributed by atoms with Gasteiger partial charge in [-0.1, -0.05) is 0 Å². The molecule has 7 nitrogen and oxygen atoms in total. The SMILES string of the molecule is O=C(CN1CCN(c2ccc(F)cc2)CC1)Nc1ncc2c(n1)CCCC2=O. The van der Waals surface area contributed by atoms with Crippen LogP contribution in [-0.4, -0.2) is 59.3 Å². The third-order valence-corrected chi connectivity index (χ3v) is 5.17. The number of piperazine rings is 1. The molecule has 0 unspecified atom stereocenters. The first kappa shape index (κ1) is 18.5. The fourth-order valence-corrected chi connectivity index (χ4v) is 3.64. The lowest BCUT2D eigenvalue weighted by molar-refractivity contribution is -0.117. The Kier molecular flexibility index (Phi) is 5.29. The molecule has 1 N–H and O–H groups in total. The van der Waals surface area contributed by atoms with Gasteiger partial charge in [-0.25, -0.2) is 14.4 Å². The predicted molar refractivity (Wildman–Crippen MR) is 103 cm³/mol. The zero-order valence-electron chi connectivity index (χ0n) is 15.5.